The molecule has 1 aliphatic rings. The number of hydrogen-bond donors (Lipinski definition) is 2. The second kappa shape index (κ2) is 7.42. The summed E-state index contributed by atoms with van der Waals surface area (Å²) in [4.78, 5) is 21.3. The fourth-order valence-electron chi connectivity index (χ4n) is 3.40. The van der Waals surface area contributed by atoms with Gasteiger partial charge in [-0.2, -0.15) is 0 Å². The van der Waals surface area contributed by atoms with Crippen molar-refractivity contribution < 1.29 is 9.90 Å². The molecule has 1 fully saturated rings. The van der Waals surface area contributed by atoms with Crippen LogP contribution >= 0.6 is 0 Å². The number of nitrogens with one attached hydrogen (secondary N) is 1. The third kappa shape index (κ3) is 3.79. The summed E-state index contributed by atoms with van der Waals surface area (Å²) in [5, 5.41) is 9.75. The fraction of sp³-hybridized carbons (Fsp3) is 0.444. The van der Waals surface area contributed by atoms with Gasteiger partial charge in [0, 0.05) is 43.9 Å². The number of amides is 1. The Morgan fingerprint density at radius 3 is 2.87 bits per heavy atom. The summed E-state index contributed by atoms with van der Waals surface area (Å²) in [5.41, 5.74) is 2.24. The number of carbonyl (C=O) groups excluding carboxylic acids is 1. The summed E-state index contributed by atoms with van der Waals surface area (Å²) in [7, 11) is 0. The second-order valence-electron chi connectivity index (χ2n) is 6.17. The number of rotatable bonds is 5. The number of likely N-dealkylation sites (tertiary alicyclic amines) is 1. The summed E-state index contributed by atoms with van der Waals surface area (Å²) >= 11 is 0. The van der Waals surface area contributed by atoms with E-state index in [2.05, 4.69) is 22.1 Å². The van der Waals surface area contributed by atoms with E-state index in [-0.39, 0.29) is 18.4 Å². The molecular formula is C18H23N3O2. The molecule has 5 nitrogen and oxygen atoms in total. The lowest BCUT2D eigenvalue weighted by Gasteiger charge is -2.38. The quantitative estimate of drug-likeness (QED) is 0.886. The minimum absolute atomic E-state index is 0.113. The lowest BCUT2D eigenvalue weighted by atomic mass is 9.81. The molecule has 3 rings (SSSR count). The van der Waals surface area contributed by atoms with Crippen LogP contribution in [-0.2, 0) is 11.2 Å². The average Bonchev–Trinajstić information content (AvgIpc) is 3.13. The molecule has 2 atom stereocenters. The molecule has 0 saturated carbocycles. The molecule has 122 valence electrons. The Labute approximate surface area is 136 Å². The van der Waals surface area contributed by atoms with Crippen molar-refractivity contribution in [3.05, 3.63) is 54.1 Å². The number of aromatic nitrogens is 2. The minimum Gasteiger partial charge on any atom is -0.396 e. The molecule has 1 aromatic carbocycles. The van der Waals surface area contributed by atoms with Gasteiger partial charge in [-0.25, -0.2) is 4.98 Å². The molecule has 1 saturated heterocycles. The van der Waals surface area contributed by atoms with Gasteiger partial charge >= 0.3 is 0 Å². The summed E-state index contributed by atoms with van der Waals surface area (Å²) in [6.45, 7) is 1.51. The SMILES string of the molecule is O=C(CCc1cnc[nH]1)N1CC[C@@H](c2ccccc2)[C@@H](CO)C1. The van der Waals surface area contributed by atoms with Crippen molar-refractivity contribution in [3.8, 4) is 0 Å². The molecular weight excluding hydrogens is 290 g/mol. The van der Waals surface area contributed by atoms with Crippen LogP contribution in [0.1, 0.15) is 30.0 Å². The third-order valence-corrected chi connectivity index (χ3v) is 4.71. The van der Waals surface area contributed by atoms with Crippen LogP contribution < -0.4 is 0 Å². The van der Waals surface area contributed by atoms with Gasteiger partial charge in [0.05, 0.1) is 6.33 Å². The zero-order valence-corrected chi connectivity index (χ0v) is 13.2. The van der Waals surface area contributed by atoms with Crippen molar-refractivity contribution >= 4 is 5.91 Å². The van der Waals surface area contributed by atoms with Crippen molar-refractivity contribution in [2.45, 2.75) is 25.2 Å². The van der Waals surface area contributed by atoms with Crippen molar-refractivity contribution in [2.24, 2.45) is 5.92 Å². The Bertz CT molecular complexity index is 612. The standard InChI is InChI=1S/C18H23N3O2/c22-12-15-11-21(18(23)7-6-16-10-19-13-20-16)9-8-17(15)14-4-2-1-3-5-14/h1-5,10,13,15,17,22H,6-9,11-12H2,(H,19,20)/t15-,17+/m1/s1. The summed E-state index contributed by atoms with van der Waals surface area (Å²) < 4.78 is 0. The Morgan fingerprint density at radius 1 is 1.35 bits per heavy atom. The Morgan fingerprint density at radius 2 is 2.17 bits per heavy atom. The first-order chi connectivity index (χ1) is 11.3. The second-order valence-corrected chi connectivity index (χ2v) is 6.17. The average molecular weight is 313 g/mol. The van der Waals surface area contributed by atoms with E-state index in [9.17, 15) is 9.90 Å². The highest BCUT2D eigenvalue weighted by molar-refractivity contribution is 5.76. The first kappa shape index (κ1) is 15.7. The van der Waals surface area contributed by atoms with Gasteiger partial charge in [0.1, 0.15) is 0 Å². The molecule has 2 heterocycles. The van der Waals surface area contributed by atoms with Gasteiger partial charge in [-0.1, -0.05) is 30.3 Å². The van der Waals surface area contributed by atoms with Crippen LogP contribution in [-0.4, -0.2) is 45.6 Å². The monoisotopic (exact) mass is 313 g/mol. The van der Waals surface area contributed by atoms with E-state index in [0.717, 1.165) is 18.7 Å². The van der Waals surface area contributed by atoms with E-state index in [1.807, 2.05) is 23.1 Å². The van der Waals surface area contributed by atoms with Gasteiger partial charge in [-0.15, -0.1) is 0 Å². The van der Waals surface area contributed by atoms with Gasteiger partial charge in [0.25, 0.3) is 0 Å². The molecule has 0 bridgehead atoms. The van der Waals surface area contributed by atoms with Crippen molar-refractivity contribution in [1.29, 1.82) is 0 Å². The Hall–Kier alpha value is -2.14. The largest absolute Gasteiger partial charge is 0.396 e. The summed E-state index contributed by atoms with van der Waals surface area (Å²) in [6.07, 6.45) is 5.46. The van der Waals surface area contributed by atoms with Crippen molar-refractivity contribution in [1.82, 2.24) is 14.9 Å². The summed E-state index contributed by atoms with van der Waals surface area (Å²) in [6, 6.07) is 10.3. The number of nitrogens with zero attached hydrogens (tertiary/aromatic N) is 2. The zero-order chi connectivity index (χ0) is 16.1. The lowest BCUT2D eigenvalue weighted by Crippen LogP contribution is -2.44. The first-order valence-corrected chi connectivity index (χ1v) is 8.18. The minimum atomic E-state index is 0.113. The number of aliphatic hydroxyl groups excluding tert-OH is 1. The van der Waals surface area contributed by atoms with Crippen LogP contribution in [0, 0.1) is 5.92 Å². The van der Waals surface area contributed by atoms with E-state index < -0.39 is 0 Å². The van der Waals surface area contributed by atoms with Crippen LogP contribution in [0.15, 0.2) is 42.9 Å². The van der Waals surface area contributed by atoms with E-state index in [1.54, 1.807) is 12.5 Å². The van der Waals surface area contributed by atoms with E-state index >= 15 is 0 Å². The predicted molar refractivity (Wildman–Crippen MR) is 87.9 cm³/mol. The number of H-pyrrole nitrogens is 1. The molecule has 5 heteroatoms. The highest BCUT2D eigenvalue weighted by Gasteiger charge is 2.31. The Kier molecular flexibility index (Phi) is 5.08. The number of benzene rings is 1. The van der Waals surface area contributed by atoms with Gasteiger partial charge in [-0.05, 0) is 24.3 Å². The van der Waals surface area contributed by atoms with Crippen molar-refractivity contribution in [2.75, 3.05) is 19.7 Å². The number of aromatic amines is 1. The molecule has 0 unspecified atom stereocenters. The van der Waals surface area contributed by atoms with Gasteiger partial charge < -0.3 is 15.0 Å². The molecule has 2 aromatic rings. The summed E-state index contributed by atoms with van der Waals surface area (Å²) in [5.74, 6) is 0.602. The smallest absolute Gasteiger partial charge is 0.222 e. The number of carbonyl (C=O) groups is 1. The van der Waals surface area contributed by atoms with Crippen LogP contribution in [0.25, 0.3) is 0 Å². The molecule has 1 amide bonds. The third-order valence-electron chi connectivity index (χ3n) is 4.71. The maximum atomic E-state index is 12.4. The number of aliphatic hydroxyl groups is 1. The first-order valence-electron chi connectivity index (χ1n) is 8.18. The highest BCUT2D eigenvalue weighted by Crippen LogP contribution is 2.32. The molecule has 0 spiro atoms. The molecule has 0 radical (unpaired) electrons. The van der Waals surface area contributed by atoms with E-state index in [0.29, 0.717) is 25.3 Å². The van der Waals surface area contributed by atoms with Gasteiger partial charge in [0.2, 0.25) is 5.91 Å². The zero-order valence-electron chi connectivity index (χ0n) is 13.2. The lowest BCUT2D eigenvalue weighted by molar-refractivity contribution is -0.133. The van der Waals surface area contributed by atoms with Gasteiger partial charge in [-0.3, -0.25) is 4.79 Å². The molecule has 1 aliphatic heterocycles. The van der Waals surface area contributed by atoms with E-state index in [1.165, 1.54) is 5.56 Å². The van der Waals surface area contributed by atoms with Gasteiger partial charge in [0.15, 0.2) is 0 Å². The topological polar surface area (TPSA) is 69.2 Å². The molecule has 0 aliphatic carbocycles. The van der Waals surface area contributed by atoms with Crippen LogP contribution in [0.2, 0.25) is 0 Å². The highest BCUT2D eigenvalue weighted by atomic mass is 16.3. The maximum absolute atomic E-state index is 12.4. The van der Waals surface area contributed by atoms with E-state index in [4.69, 9.17) is 0 Å². The molecule has 2 N–H and O–H groups in total. The predicted octanol–water partition coefficient (Wildman–Crippen LogP) is 1.97. The number of imidazole rings is 1. The fourth-order valence-corrected chi connectivity index (χ4v) is 3.40. The molecule has 1 aromatic heterocycles. The Balaban J connectivity index is 1.58. The number of hydrogen-bond acceptors (Lipinski definition) is 3. The maximum Gasteiger partial charge on any atom is 0.222 e. The van der Waals surface area contributed by atoms with Crippen LogP contribution in [0.5, 0.6) is 0 Å². The molecule has 23 heavy (non-hydrogen) atoms. The van der Waals surface area contributed by atoms with Crippen LogP contribution in [0.4, 0.5) is 0 Å². The normalized spacial score (nSPS) is 21.3. The number of aryl methyl sites for hydroxylation is 1. The van der Waals surface area contributed by atoms with Crippen molar-refractivity contribution in [3.63, 3.8) is 0 Å². The van der Waals surface area contributed by atoms with Crippen LogP contribution in [0.3, 0.4) is 0 Å². The number of piperidine rings is 1.